The summed E-state index contributed by atoms with van der Waals surface area (Å²) >= 11 is 0. The van der Waals surface area contributed by atoms with E-state index in [0.717, 1.165) is 19.3 Å². The van der Waals surface area contributed by atoms with Gasteiger partial charge in [0.2, 0.25) is 0 Å². The summed E-state index contributed by atoms with van der Waals surface area (Å²) < 4.78 is 13.6. The lowest BCUT2D eigenvalue weighted by Crippen LogP contribution is -2.41. The number of carbonyl (C=O) groups excluding carboxylic acids is 2. The molecule has 1 aliphatic rings. The third kappa shape index (κ3) is 5.31. The molecule has 5 nitrogen and oxygen atoms in total. The van der Waals surface area contributed by atoms with Crippen molar-refractivity contribution in [2.24, 2.45) is 5.92 Å². The summed E-state index contributed by atoms with van der Waals surface area (Å²) in [6.45, 7) is 3.65. The molecule has 0 atom stereocenters. The molecule has 0 saturated carbocycles. The molecule has 0 unspecified atom stereocenters. The summed E-state index contributed by atoms with van der Waals surface area (Å²) in [6.07, 6.45) is 2.70. The number of aryl methyl sites for hydroxylation is 1. The maximum atomic E-state index is 13.6. The van der Waals surface area contributed by atoms with E-state index in [0.29, 0.717) is 42.4 Å². The first-order chi connectivity index (χ1) is 13.5. The number of benzene rings is 2. The molecule has 1 aliphatic heterocycles. The smallest absolute Gasteiger partial charge is 0.321 e. The Balaban J connectivity index is 1.38. The van der Waals surface area contributed by atoms with Gasteiger partial charge in [0.25, 0.3) is 5.91 Å². The number of hydrogen-bond donors (Lipinski definition) is 2. The average Bonchev–Trinajstić information content (AvgIpc) is 2.72. The molecule has 0 radical (unpaired) electrons. The van der Waals surface area contributed by atoms with Crippen LogP contribution in [0.15, 0.2) is 48.5 Å². The molecule has 1 saturated heterocycles. The Morgan fingerprint density at radius 2 is 1.82 bits per heavy atom. The van der Waals surface area contributed by atoms with Crippen molar-refractivity contribution >= 4 is 17.6 Å². The maximum absolute atomic E-state index is 13.6. The Kier molecular flexibility index (Phi) is 6.63. The van der Waals surface area contributed by atoms with Crippen LogP contribution >= 0.6 is 0 Å². The van der Waals surface area contributed by atoms with Crippen molar-refractivity contribution in [3.05, 3.63) is 65.5 Å². The van der Waals surface area contributed by atoms with Crippen LogP contribution in [-0.2, 0) is 0 Å². The van der Waals surface area contributed by atoms with Crippen LogP contribution in [-0.4, -0.2) is 36.5 Å². The van der Waals surface area contributed by atoms with E-state index in [1.54, 1.807) is 36.1 Å². The summed E-state index contributed by atoms with van der Waals surface area (Å²) in [7, 11) is 0. The van der Waals surface area contributed by atoms with Gasteiger partial charge in [-0.3, -0.25) is 4.79 Å². The summed E-state index contributed by atoms with van der Waals surface area (Å²) in [4.78, 5) is 26.2. The van der Waals surface area contributed by atoms with E-state index in [4.69, 9.17) is 0 Å². The maximum Gasteiger partial charge on any atom is 0.321 e. The van der Waals surface area contributed by atoms with E-state index in [9.17, 15) is 14.0 Å². The topological polar surface area (TPSA) is 61.4 Å². The van der Waals surface area contributed by atoms with Crippen LogP contribution in [0.25, 0.3) is 0 Å². The number of nitrogens with zero attached hydrogens (tertiary/aromatic N) is 1. The van der Waals surface area contributed by atoms with Gasteiger partial charge in [-0.15, -0.1) is 0 Å². The highest BCUT2D eigenvalue weighted by atomic mass is 19.1. The lowest BCUT2D eigenvalue weighted by Gasteiger charge is -2.32. The van der Waals surface area contributed by atoms with Gasteiger partial charge in [0.1, 0.15) is 5.82 Å². The number of likely N-dealkylation sites (tertiary alicyclic amines) is 1. The fourth-order valence-corrected chi connectivity index (χ4v) is 3.38. The van der Waals surface area contributed by atoms with Crippen molar-refractivity contribution in [1.29, 1.82) is 0 Å². The van der Waals surface area contributed by atoms with Crippen LogP contribution in [0.3, 0.4) is 0 Å². The van der Waals surface area contributed by atoms with Gasteiger partial charge in [0.05, 0.1) is 0 Å². The summed E-state index contributed by atoms with van der Waals surface area (Å²) in [5.74, 6) is 0.105. The van der Waals surface area contributed by atoms with Crippen LogP contribution in [0.5, 0.6) is 0 Å². The van der Waals surface area contributed by atoms with Crippen molar-refractivity contribution in [2.45, 2.75) is 26.2 Å². The number of piperidine rings is 1. The molecular formula is C22H26FN3O2. The zero-order valence-corrected chi connectivity index (χ0v) is 16.1. The summed E-state index contributed by atoms with van der Waals surface area (Å²) in [6, 6.07) is 13.7. The van der Waals surface area contributed by atoms with E-state index < -0.39 is 0 Å². The van der Waals surface area contributed by atoms with Crippen LogP contribution in [0, 0.1) is 18.7 Å². The number of anilines is 1. The van der Waals surface area contributed by atoms with Crippen molar-refractivity contribution < 1.29 is 14.0 Å². The minimum Gasteiger partial charge on any atom is -0.352 e. The third-order valence-electron chi connectivity index (χ3n) is 5.20. The molecule has 28 heavy (non-hydrogen) atoms. The number of carbonyl (C=O) groups is 2. The van der Waals surface area contributed by atoms with E-state index in [1.807, 2.05) is 18.2 Å². The Labute approximate surface area is 164 Å². The largest absolute Gasteiger partial charge is 0.352 e. The predicted octanol–water partition coefficient (Wildman–Crippen LogP) is 4.20. The molecule has 0 aromatic heterocycles. The van der Waals surface area contributed by atoms with Gasteiger partial charge < -0.3 is 15.5 Å². The lowest BCUT2D eigenvalue weighted by atomic mass is 9.93. The molecule has 0 bridgehead atoms. The molecule has 6 heteroatoms. The molecule has 2 N–H and O–H groups in total. The Bertz CT molecular complexity index is 818. The van der Waals surface area contributed by atoms with Crippen LogP contribution in [0.4, 0.5) is 14.9 Å². The van der Waals surface area contributed by atoms with Crippen LogP contribution in [0.1, 0.15) is 35.2 Å². The van der Waals surface area contributed by atoms with E-state index >= 15 is 0 Å². The van der Waals surface area contributed by atoms with E-state index in [2.05, 4.69) is 10.6 Å². The van der Waals surface area contributed by atoms with E-state index in [-0.39, 0.29) is 17.8 Å². The average molecular weight is 383 g/mol. The molecule has 148 valence electrons. The lowest BCUT2D eigenvalue weighted by molar-refractivity contribution is 0.0949. The predicted molar refractivity (Wildman–Crippen MR) is 108 cm³/mol. The number of amides is 3. The number of halogens is 1. The second-order valence-corrected chi connectivity index (χ2v) is 7.24. The van der Waals surface area contributed by atoms with Crippen LogP contribution in [0.2, 0.25) is 0 Å². The minimum atomic E-state index is -0.325. The second-order valence-electron chi connectivity index (χ2n) is 7.24. The Hall–Kier alpha value is -2.89. The first-order valence-electron chi connectivity index (χ1n) is 9.68. The number of nitrogens with one attached hydrogen (secondary N) is 2. The highest BCUT2D eigenvalue weighted by Crippen LogP contribution is 2.21. The Morgan fingerprint density at radius 1 is 1.11 bits per heavy atom. The molecule has 3 amide bonds. The molecule has 0 aliphatic carbocycles. The number of hydrogen-bond acceptors (Lipinski definition) is 2. The third-order valence-corrected chi connectivity index (χ3v) is 5.20. The van der Waals surface area contributed by atoms with Crippen molar-refractivity contribution in [2.75, 3.05) is 25.0 Å². The normalized spacial score (nSPS) is 14.6. The quantitative estimate of drug-likeness (QED) is 0.813. The van der Waals surface area contributed by atoms with Crippen molar-refractivity contribution in [1.82, 2.24) is 10.2 Å². The standard InChI is InChI=1S/C22H26FN3O2/c1-16-7-8-19(15-20(16)23)25-22(28)26-13-10-17(11-14-26)9-12-24-21(27)18-5-3-2-4-6-18/h2-8,15,17H,9-14H2,1H3,(H,24,27)(H,25,28). The SMILES string of the molecule is Cc1ccc(NC(=O)N2CCC(CCNC(=O)c3ccccc3)CC2)cc1F. The fraction of sp³-hybridized carbons (Fsp3) is 0.364. The zero-order chi connectivity index (χ0) is 19.9. The van der Waals surface area contributed by atoms with Gasteiger partial charge in [-0.25, -0.2) is 9.18 Å². The molecule has 2 aromatic rings. The van der Waals surface area contributed by atoms with Gasteiger partial charge in [-0.1, -0.05) is 24.3 Å². The monoisotopic (exact) mass is 383 g/mol. The molecule has 3 rings (SSSR count). The second kappa shape index (κ2) is 9.35. The van der Waals surface area contributed by atoms with E-state index in [1.165, 1.54) is 6.07 Å². The minimum absolute atomic E-state index is 0.0530. The first-order valence-corrected chi connectivity index (χ1v) is 9.68. The Morgan fingerprint density at radius 3 is 2.50 bits per heavy atom. The molecule has 1 heterocycles. The van der Waals surface area contributed by atoms with Gasteiger partial charge in [0, 0.05) is 30.9 Å². The van der Waals surface area contributed by atoms with Gasteiger partial charge >= 0.3 is 6.03 Å². The van der Waals surface area contributed by atoms with Crippen molar-refractivity contribution in [3.8, 4) is 0 Å². The van der Waals surface area contributed by atoms with Gasteiger partial charge in [-0.2, -0.15) is 0 Å². The molecule has 2 aromatic carbocycles. The highest BCUT2D eigenvalue weighted by molar-refractivity contribution is 5.94. The summed E-state index contributed by atoms with van der Waals surface area (Å²) in [5.41, 5.74) is 1.69. The van der Waals surface area contributed by atoms with Gasteiger partial charge in [-0.05, 0) is 61.9 Å². The first kappa shape index (κ1) is 19.9. The van der Waals surface area contributed by atoms with Crippen LogP contribution < -0.4 is 10.6 Å². The molecular weight excluding hydrogens is 357 g/mol. The zero-order valence-electron chi connectivity index (χ0n) is 16.1. The van der Waals surface area contributed by atoms with Crippen molar-refractivity contribution in [3.63, 3.8) is 0 Å². The fourth-order valence-electron chi connectivity index (χ4n) is 3.38. The number of rotatable bonds is 5. The van der Waals surface area contributed by atoms with Gasteiger partial charge in [0.15, 0.2) is 0 Å². The summed E-state index contributed by atoms with van der Waals surface area (Å²) in [5, 5.41) is 5.72. The molecule has 1 fully saturated rings. The molecule has 0 spiro atoms. The highest BCUT2D eigenvalue weighted by Gasteiger charge is 2.23. The number of urea groups is 1.